The van der Waals surface area contributed by atoms with E-state index in [1.807, 2.05) is 6.92 Å². The van der Waals surface area contributed by atoms with Crippen LogP contribution in [0.15, 0.2) is 0 Å². The largest absolute Gasteiger partial charge is 0.348 e. The fourth-order valence-electron chi connectivity index (χ4n) is 6.45. The first-order valence-corrected chi connectivity index (χ1v) is 9.81. The zero-order valence-corrected chi connectivity index (χ0v) is 14.8. The molecule has 3 heteroatoms. The molecule has 1 aliphatic heterocycles. The molecular weight excluding hydrogens is 288 g/mol. The van der Waals surface area contributed by atoms with E-state index in [1.54, 1.807) is 0 Å². The van der Waals surface area contributed by atoms with Gasteiger partial charge in [0, 0.05) is 18.8 Å². The van der Waals surface area contributed by atoms with E-state index in [2.05, 4.69) is 6.92 Å². The molecule has 1 saturated heterocycles. The van der Waals surface area contributed by atoms with E-state index in [1.165, 1.54) is 32.1 Å². The van der Waals surface area contributed by atoms with E-state index in [0.717, 1.165) is 37.5 Å². The maximum atomic E-state index is 12.6. The summed E-state index contributed by atoms with van der Waals surface area (Å²) in [4.78, 5) is 12.6. The first-order valence-electron chi connectivity index (χ1n) is 9.81. The molecule has 4 rings (SSSR count). The average Bonchev–Trinajstić information content (AvgIpc) is 3.12. The second-order valence-corrected chi connectivity index (χ2v) is 9.00. The number of carbonyl (C=O) groups excluding carboxylic acids is 1. The number of Topliss-reactive ketones (excluding diaryl/α,β-unsaturated/α-hetero) is 1. The van der Waals surface area contributed by atoms with Gasteiger partial charge in [-0.15, -0.1) is 0 Å². The fourth-order valence-corrected chi connectivity index (χ4v) is 6.45. The Morgan fingerprint density at radius 2 is 1.83 bits per heavy atom. The molecule has 0 N–H and O–H groups in total. The maximum Gasteiger partial charge on any atom is 0.165 e. The number of carbonyl (C=O) groups is 1. The molecular formula is C20H32O3. The normalized spacial score (nSPS) is 45.7. The lowest BCUT2D eigenvalue weighted by molar-refractivity contribution is -0.155. The van der Waals surface area contributed by atoms with Crippen molar-refractivity contribution in [3.05, 3.63) is 0 Å². The van der Waals surface area contributed by atoms with Gasteiger partial charge in [0.1, 0.15) is 5.78 Å². The summed E-state index contributed by atoms with van der Waals surface area (Å²) in [6, 6.07) is 0. The Bertz CT molecular complexity index is 468. The minimum absolute atomic E-state index is 0.267. The number of ether oxygens (including phenoxy) is 2. The third-order valence-corrected chi connectivity index (χ3v) is 7.74. The summed E-state index contributed by atoms with van der Waals surface area (Å²) in [6.45, 7) is 5.95. The number of hydrogen-bond acceptors (Lipinski definition) is 3. The molecule has 4 fully saturated rings. The summed E-state index contributed by atoms with van der Waals surface area (Å²) in [6.07, 6.45) is 10.6. The monoisotopic (exact) mass is 320 g/mol. The highest BCUT2D eigenvalue weighted by molar-refractivity contribution is 5.82. The number of ketones is 1. The minimum Gasteiger partial charge on any atom is -0.348 e. The van der Waals surface area contributed by atoms with Gasteiger partial charge >= 0.3 is 0 Å². The second-order valence-electron chi connectivity index (χ2n) is 9.00. The molecule has 0 spiro atoms. The van der Waals surface area contributed by atoms with Crippen molar-refractivity contribution in [2.24, 2.45) is 29.1 Å². The Morgan fingerprint density at radius 3 is 2.61 bits per heavy atom. The van der Waals surface area contributed by atoms with Crippen LogP contribution in [-0.4, -0.2) is 24.8 Å². The molecule has 1 heterocycles. The summed E-state index contributed by atoms with van der Waals surface area (Å²) < 4.78 is 11.5. The van der Waals surface area contributed by atoms with Crippen LogP contribution >= 0.6 is 0 Å². The fraction of sp³-hybridized carbons (Fsp3) is 0.950. The highest BCUT2D eigenvalue weighted by atomic mass is 16.7. The Morgan fingerprint density at radius 1 is 1.04 bits per heavy atom. The summed E-state index contributed by atoms with van der Waals surface area (Å²) in [7, 11) is 0. The van der Waals surface area contributed by atoms with E-state index >= 15 is 0 Å². The summed E-state index contributed by atoms with van der Waals surface area (Å²) >= 11 is 0. The molecule has 23 heavy (non-hydrogen) atoms. The summed E-state index contributed by atoms with van der Waals surface area (Å²) in [5, 5.41) is 0. The van der Waals surface area contributed by atoms with Gasteiger partial charge in [-0.1, -0.05) is 13.3 Å². The Labute approximate surface area is 140 Å². The molecule has 5 unspecified atom stereocenters. The van der Waals surface area contributed by atoms with Crippen LogP contribution in [0.1, 0.15) is 71.6 Å². The molecule has 5 atom stereocenters. The predicted molar refractivity (Wildman–Crippen MR) is 88.9 cm³/mol. The van der Waals surface area contributed by atoms with Gasteiger partial charge in [0.2, 0.25) is 0 Å². The average molecular weight is 320 g/mol. The van der Waals surface area contributed by atoms with Gasteiger partial charge in [-0.05, 0) is 68.6 Å². The van der Waals surface area contributed by atoms with Crippen LogP contribution in [-0.2, 0) is 14.3 Å². The van der Waals surface area contributed by atoms with Crippen molar-refractivity contribution in [3.8, 4) is 0 Å². The van der Waals surface area contributed by atoms with Gasteiger partial charge in [0.05, 0.1) is 13.2 Å². The van der Waals surface area contributed by atoms with Gasteiger partial charge in [0.25, 0.3) is 0 Å². The lowest BCUT2D eigenvalue weighted by atomic mass is 9.53. The lowest BCUT2D eigenvalue weighted by Gasteiger charge is -2.51. The Balaban J connectivity index is 1.47. The van der Waals surface area contributed by atoms with E-state index < -0.39 is 5.79 Å². The third kappa shape index (κ3) is 2.78. The maximum absolute atomic E-state index is 12.6. The van der Waals surface area contributed by atoms with Crippen LogP contribution in [0.2, 0.25) is 0 Å². The zero-order chi connectivity index (χ0) is 16.1. The SMILES string of the molecule is CC1(CCC2C(=O)CCC3C2CCC2(C)CCCC32)OCCO1. The molecule has 4 aliphatic rings. The molecule has 0 aromatic carbocycles. The number of hydrogen-bond donors (Lipinski definition) is 0. The summed E-state index contributed by atoms with van der Waals surface area (Å²) in [5.41, 5.74) is 0.579. The molecule has 0 aromatic rings. The van der Waals surface area contributed by atoms with Crippen molar-refractivity contribution < 1.29 is 14.3 Å². The molecule has 3 aliphatic carbocycles. The lowest BCUT2D eigenvalue weighted by Crippen LogP contribution is -2.46. The van der Waals surface area contributed by atoms with Gasteiger partial charge < -0.3 is 9.47 Å². The van der Waals surface area contributed by atoms with Crippen molar-refractivity contribution in [1.82, 2.24) is 0 Å². The van der Waals surface area contributed by atoms with Crippen LogP contribution in [0, 0.1) is 29.1 Å². The van der Waals surface area contributed by atoms with Crippen LogP contribution in [0.25, 0.3) is 0 Å². The highest BCUT2D eigenvalue weighted by Crippen LogP contribution is 2.60. The van der Waals surface area contributed by atoms with Gasteiger partial charge in [-0.25, -0.2) is 0 Å². The molecule has 0 bridgehead atoms. The van der Waals surface area contributed by atoms with Crippen molar-refractivity contribution in [1.29, 1.82) is 0 Å². The summed E-state index contributed by atoms with van der Waals surface area (Å²) in [5.74, 6) is 2.67. The van der Waals surface area contributed by atoms with E-state index in [0.29, 0.717) is 30.3 Å². The molecule has 0 radical (unpaired) electrons. The second kappa shape index (κ2) is 5.84. The molecule has 130 valence electrons. The Kier molecular flexibility index (Phi) is 4.08. The quantitative estimate of drug-likeness (QED) is 0.776. The number of rotatable bonds is 3. The number of fused-ring (bicyclic) bond motifs is 3. The molecule has 0 aromatic heterocycles. The van der Waals surface area contributed by atoms with Crippen LogP contribution in [0.5, 0.6) is 0 Å². The van der Waals surface area contributed by atoms with E-state index in [9.17, 15) is 4.79 Å². The molecule has 3 saturated carbocycles. The standard InChI is InChI=1S/C20H32O3/c1-19-9-3-4-17(19)15-5-6-18(21)16(14(15)7-10-19)8-11-20(2)22-12-13-23-20/h14-17H,3-13H2,1-2H3. The smallest absolute Gasteiger partial charge is 0.165 e. The van der Waals surface area contributed by atoms with Crippen LogP contribution in [0.4, 0.5) is 0 Å². The van der Waals surface area contributed by atoms with Gasteiger partial charge in [-0.2, -0.15) is 0 Å². The topological polar surface area (TPSA) is 35.5 Å². The minimum atomic E-state index is -0.441. The van der Waals surface area contributed by atoms with E-state index in [-0.39, 0.29) is 5.92 Å². The van der Waals surface area contributed by atoms with Crippen LogP contribution in [0.3, 0.4) is 0 Å². The molecule has 0 amide bonds. The van der Waals surface area contributed by atoms with Crippen LogP contribution < -0.4 is 0 Å². The first-order chi connectivity index (χ1) is 11.0. The van der Waals surface area contributed by atoms with Crippen molar-refractivity contribution >= 4 is 5.78 Å². The van der Waals surface area contributed by atoms with E-state index in [4.69, 9.17) is 9.47 Å². The highest BCUT2D eigenvalue weighted by Gasteiger charge is 2.53. The van der Waals surface area contributed by atoms with Gasteiger partial charge in [0.15, 0.2) is 5.79 Å². The van der Waals surface area contributed by atoms with Crippen molar-refractivity contribution in [2.45, 2.75) is 77.4 Å². The first kappa shape index (κ1) is 16.1. The van der Waals surface area contributed by atoms with Gasteiger partial charge in [-0.3, -0.25) is 4.79 Å². The molecule has 3 nitrogen and oxygen atoms in total. The predicted octanol–water partition coefficient (Wildman–Crippen LogP) is 4.34. The van der Waals surface area contributed by atoms with Crippen molar-refractivity contribution in [2.75, 3.05) is 13.2 Å². The Hall–Kier alpha value is -0.410. The van der Waals surface area contributed by atoms with Crippen molar-refractivity contribution in [3.63, 3.8) is 0 Å². The zero-order valence-electron chi connectivity index (χ0n) is 14.8. The third-order valence-electron chi connectivity index (χ3n) is 7.74.